The molecule has 6 nitrogen and oxygen atoms in total. The van der Waals surface area contributed by atoms with Crippen molar-refractivity contribution in [2.45, 2.75) is 20.8 Å². The number of aromatic hydroxyl groups is 1. The van der Waals surface area contributed by atoms with Crippen LogP contribution in [0.1, 0.15) is 26.3 Å². The van der Waals surface area contributed by atoms with Crippen molar-refractivity contribution in [2.24, 2.45) is 0 Å². The van der Waals surface area contributed by atoms with E-state index >= 15 is 0 Å². The highest BCUT2D eigenvalue weighted by atomic mass is 16.5. The van der Waals surface area contributed by atoms with Crippen LogP contribution in [0.5, 0.6) is 11.5 Å². The zero-order chi connectivity index (χ0) is 17.9. The number of amides is 1. The molecule has 1 amide bonds. The number of methoxy groups -OCH3 is 1. The molecule has 0 unspecified atom stereocenters. The maximum atomic E-state index is 12.6. The third-order valence-electron chi connectivity index (χ3n) is 3.81. The van der Waals surface area contributed by atoms with Crippen LogP contribution in [-0.4, -0.2) is 42.1 Å². The number of carbonyl (C=O) groups is 2. The van der Waals surface area contributed by atoms with E-state index in [1.807, 2.05) is 13.8 Å². The summed E-state index contributed by atoms with van der Waals surface area (Å²) in [5.41, 5.74) is 1.75. The van der Waals surface area contributed by atoms with Crippen molar-refractivity contribution in [3.63, 3.8) is 0 Å². The number of likely N-dealkylation sites (N-methyl/N-ethyl adjacent to an activating group) is 1. The van der Waals surface area contributed by atoms with Gasteiger partial charge in [0, 0.05) is 12.2 Å². The number of rotatable bonds is 5. The number of phenols is 1. The van der Waals surface area contributed by atoms with Crippen LogP contribution in [0.3, 0.4) is 0 Å². The van der Waals surface area contributed by atoms with Crippen molar-refractivity contribution in [1.82, 2.24) is 4.90 Å². The van der Waals surface area contributed by atoms with Crippen LogP contribution in [0.4, 0.5) is 0 Å². The Morgan fingerprint density at radius 3 is 2.62 bits per heavy atom. The van der Waals surface area contributed by atoms with Crippen LogP contribution in [0.25, 0.3) is 6.08 Å². The van der Waals surface area contributed by atoms with Gasteiger partial charge in [0.15, 0.2) is 11.5 Å². The standard InChI is InChI=1S/C18H21NO5/c1-5-19-11(3)16(18(22)23-4)13(17(19)21)9-12-7-8-14(20)15(10-12)24-6-2/h7-10,20H,5-6H2,1-4H3/b13-9-. The molecule has 0 radical (unpaired) electrons. The fourth-order valence-corrected chi connectivity index (χ4v) is 2.67. The molecule has 1 aromatic carbocycles. The number of benzene rings is 1. The Morgan fingerprint density at radius 1 is 1.33 bits per heavy atom. The fraction of sp³-hybridized carbons (Fsp3) is 0.333. The minimum atomic E-state index is -0.549. The number of ether oxygens (including phenoxy) is 2. The summed E-state index contributed by atoms with van der Waals surface area (Å²) in [7, 11) is 1.28. The smallest absolute Gasteiger partial charge is 0.340 e. The van der Waals surface area contributed by atoms with E-state index in [1.54, 1.807) is 25.1 Å². The Labute approximate surface area is 141 Å². The Bertz CT molecular complexity index is 733. The second-order valence-electron chi connectivity index (χ2n) is 5.22. The highest BCUT2D eigenvalue weighted by Crippen LogP contribution is 2.33. The molecule has 0 bridgehead atoms. The van der Waals surface area contributed by atoms with Crippen molar-refractivity contribution >= 4 is 18.0 Å². The number of carbonyl (C=O) groups excluding carboxylic acids is 2. The monoisotopic (exact) mass is 331 g/mol. The van der Waals surface area contributed by atoms with Gasteiger partial charge in [-0.05, 0) is 44.5 Å². The van der Waals surface area contributed by atoms with Gasteiger partial charge in [0.25, 0.3) is 5.91 Å². The minimum absolute atomic E-state index is 0.0202. The van der Waals surface area contributed by atoms with E-state index < -0.39 is 5.97 Å². The van der Waals surface area contributed by atoms with Gasteiger partial charge in [-0.2, -0.15) is 0 Å². The number of hydrogen-bond acceptors (Lipinski definition) is 5. The first-order valence-corrected chi connectivity index (χ1v) is 7.73. The van der Waals surface area contributed by atoms with Gasteiger partial charge in [0.1, 0.15) is 0 Å². The van der Waals surface area contributed by atoms with E-state index in [2.05, 4.69) is 0 Å². The maximum absolute atomic E-state index is 12.6. The molecular formula is C18H21NO5. The average molecular weight is 331 g/mol. The van der Waals surface area contributed by atoms with Gasteiger partial charge < -0.3 is 19.5 Å². The lowest BCUT2D eigenvalue weighted by Crippen LogP contribution is -2.24. The Kier molecular flexibility index (Phi) is 5.28. The zero-order valence-electron chi connectivity index (χ0n) is 14.3. The van der Waals surface area contributed by atoms with Crippen LogP contribution in [0.2, 0.25) is 0 Å². The highest BCUT2D eigenvalue weighted by molar-refractivity contribution is 6.16. The van der Waals surface area contributed by atoms with Gasteiger partial charge in [0.05, 0.1) is 24.9 Å². The van der Waals surface area contributed by atoms with Crippen molar-refractivity contribution in [3.05, 3.63) is 40.6 Å². The molecule has 128 valence electrons. The molecule has 1 aliphatic rings. The Hall–Kier alpha value is -2.76. The van der Waals surface area contributed by atoms with Crippen LogP contribution >= 0.6 is 0 Å². The normalized spacial score (nSPS) is 16.1. The molecule has 0 spiro atoms. The lowest BCUT2D eigenvalue weighted by molar-refractivity contribution is -0.136. The first kappa shape index (κ1) is 17.6. The third-order valence-corrected chi connectivity index (χ3v) is 3.81. The zero-order valence-corrected chi connectivity index (χ0v) is 14.3. The molecule has 0 aliphatic carbocycles. The van der Waals surface area contributed by atoms with Gasteiger partial charge >= 0.3 is 5.97 Å². The number of esters is 1. The van der Waals surface area contributed by atoms with Gasteiger partial charge in [0.2, 0.25) is 0 Å². The summed E-state index contributed by atoms with van der Waals surface area (Å²) in [4.78, 5) is 26.2. The average Bonchev–Trinajstić information content (AvgIpc) is 2.80. The predicted molar refractivity (Wildman–Crippen MR) is 89.4 cm³/mol. The number of allylic oxidation sites excluding steroid dienone is 1. The number of phenolic OH excluding ortho intramolecular Hbond substituents is 1. The molecule has 0 saturated carbocycles. The summed E-state index contributed by atoms with van der Waals surface area (Å²) in [6, 6.07) is 4.76. The second-order valence-corrected chi connectivity index (χ2v) is 5.22. The molecule has 1 heterocycles. The molecular weight excluding hydrogens is 310 g/mol. The Balaban J connectivity index is 2.52. The van der Waals surface area contributed by atoms with Crippen molar-refractivity contribution in [1.29, 1.82) is 0 Å². The first-order valence-electron chi connectivity index (χ1n) is 7.73. The third kappa shape index (κ3) is 3.13. The molecule has 24 heavy (non-hydrogen) atoms. The molecule has 0 saturated heterocycles. The van der Waals surface area contributed by atoms with Crippen LogP contribution in [0, 0.1) is 0 Å². The largest absolute Gasteiger partial charge is 0.504 e. The Morgan fingerprint density at radius 2 is 2.04 bits per heavy atom. The van der Waals surface area contributed by atoms with E-state index in [0.29, 0.717) is 30.2 Å². The molecule has 0 aromatic heterocycles. The number of hydrogen-bond donors (Lipinski definition) is 1. The number of nitrogens with zero attached hydrogens (tertiary/aromatic N) is 1. The molecule has 1 aliphatic heterocycles. The van der Waals surface area contributed by atoms with Crippen LogP contribution in [0.15, 0.2) is 35.0 Å². The first-order chi connectivity index (χ1) is 11.4. The summed E-state index contributed by atoms with van der Waals surface area (Å²) in [6.45, 7) is 6.24. The van der Waals surface area contributed by atoms with E-state index in [0.717, 1.165) is 0 Å². The van der Waals surface area contributed by atoms with E-state index in [9.17, 15) is 14.7 Å². The van der Waals surface area contributed by atoms with E-state index in [4.69, 9.17) is 9.47 Å². The quantitative estimate of drug-likeness (QED) is 0.663. The minimum Gasteiger partial charge on any atom is -0.504 e. The van der Waals surface area contributed by atoms with Crippen LogP contribution < -0.4 is 4.74 Å². The van der Waals surface area contributed by atoms with Gasteiger partial charge in [-0.25, -0.2) is 4.79 Å². The lowest BCUT2D eigenvalue weighted by Gasteiger charge is -2.14. The van der Waals surface area contributed by atoms with E-state index in [1.165, 1.54) is 18.1 Å². The second kappa shape index (κ2) is 7.21. The van der Waals surface area contributed by atoms with Gasteiger partial charge in [-0.3, -0.25) is 4.79 Å². The molecule has 0 atom stereocenters. The van der Waals surface area contributed by atoms with Crippen LogP contribution in [-0.2, 0) is 14.3 Å². The van der Waals surface area contributed by atoms with Gasteiger partial charge in [-0.1, -0.05) is 6.07 Å². The topological polar surface area (TPSA) is 76.1 Å². The van der Waals surface area contributed by atoms with Crippen molar-refractivity contribution < 1.29 is 24.2 Å². The predicted octanol–water partition coefficient (Wildman–Crippen LogP) is 2.48. The van der Waals surface area contributed by atoms with Crippen molar-refractivity contribution in [3.8, 4) is 11.5 Å². The lowest BCUT2D eigenvalue weighted by atomic mass is 10.0. The van der Waals surface area contributed by atoms with E-state index in [-0.39, 0.29) is 22.8 Å². The van der Waals surface area contributed by atoms with Crippen molar-refractivity contribution in [2.75, 3.05) is 20.3 Å². The molecule has 6 heteroatoms. The molecule has 0 fully saturated rings. The summed E-state index contributed by atoms with van der Waals surface area (Å²) < 4.78 is 10.2. The molecule has 1 N–H and O–H groups in total. The summed E-state index contributed by atoms with van der Waals surface area (Å²) in [5, 5.41) is 9.78. The summed E-state index contributed by atoms with van der Waals surface area (Å²) in [5.74, 6) is -0.454. The molecule has 2 rings (SSSR count). The SMILES string of the molecule is CCOc1cc(/C=C2\C(=O)N(CC)C(C)=C2C(=O)OC)ccc1O. The summed E-state index contributed by atoms with van der Waals surface area (Å²) >= 11 is 0. The fourth-order valence-electron chi connectivity index (χ4n) is 2.67. The molecule has 1 aromatic rings. The van der Waals surface area contributed by atoms with Gasteiger partial charge in [-0.15, -0.1) is 0 Å². The highest BCUT2D eigenvalue weighted by Gasteiger charge is 2.36. The summed E-state index contributed by atoms with van der Waals surface area (Å²) in [6.07, 6.45) is 1.61. The maximum Gasteiger partial charge on any atom is 0.340 e.